The third-order valence-corrected chi connectivity index (χ3v) is 8.16. The minimum absolute atomic E-state index is 0.0687. The molecule has 0 radical (unpaired) electrons. The molecule has 1 fully saturated rings. The molecule has 0 spiro atoms. The number of aliphatic carboxylic acids is 1. The summed E-state index contributed by atoms with van der Waals surface area (Å²) in [5, 5.41) is 25.9. The molecule has 7 N–H and O–H groups in total. The number of carboxylic acids is 1. The Morgan fingerprint density at radius 2 is 1.81 bits per heavy atom. The Morgan fingerprint density at radius 1 is 1.07 bits per heavy atom. The monoisotopic (exact) mass is 595 g/mol. The molecule has 12 heteroatoms. The minimum Gasteiger partial charge on any atom is -0.508 e. The second kappa shape index (κ2) is 14.2. The van der Waals surface area contributed by atoms with Crippen molar-refractivity contribution in [3.63, 3.8) is 0 Å². The molecular formula is C30H37N5O6S. The number of thioether (sulfide) groups is 1. The summed E-state index contributed by atoms with van der Waals surface area (Å²) >= 11 is 1.56. The Bertz CT molecular complexity index is 1410. The van der Waals surface area contributed by atoms with Gasteiger partial charge in [0.15, 0.2) is 0 Å². The van der Waals surface area contributed by atoms with E-state index in [4.69, 9.17) is 5.73 Å². The van der Waals surface area contributed by atoms with Crippen molar-refractivity contribution in [2.75, 3.05) is 18.6 Å². The smallest absolute Gasteiger partial charge is 0.326 e. The lowest BCUT2D eigenvalue weighted by Gasteiger charge is -2.30. The topological polar surface area (TPSA) is 178 Å². The largest absolute Gasteiger partial charge is 0.508 e. The molecule has 2 aromatic carbocycles. The van der Waals surface area contributed by atoms with Gasteiger partial charge < -0.3 is 36.5 Å². The number of aromatic nitrogens is 1. The number of aromatic hydroxyl groups is 1. The zero-order valence-electron chi connectivity index (χ0n) is 23.4. The fourth-order valence-electron chi connectivity index (χ4n) is 5.21. The van der Waals surface area contributed by atoms with Crippen LogP contribution in [0.5, 0.6) is 5.75 Å². The summed E-state index contributed by atoms with van der Waals surface area (Å²) in [4.78, 5) is 56.8. The molecule has 0 aliphatic carbocycles. The lowest BCUT2D eigenvalue weighted by Crippen LogP contribution is -2.57. The van der Waals surface area contributed by atoms with E-state index in [0.29, 0.717) is 30.6 Å². The van der Waals surface area contributed by atoms with Crippen molar-refractivity contribution < 1.29 is 29.4 Å². The molecule has 4 unspecified atom stereocenters. The quantitative estimate of drug-likeness (QED) is 0.173. The van der Waals surface area contributed by atoms with Crippen LogP contribution in [0.4, 0.5) is 0 Å². The number of amides is 3. The predicted octanol–water partition coefficient (Wildman–Crippen LogP) is 1.78. The van der Waals surface area contributed by atoms with Gasteiger partial charge >= 0.3 is 5.97 Å². The first-order chi connectivity index (χ1) is 20.2. The molecule has 1 aliphatic rings. The van der Waals surface area contributed by atoms with E-state index in [1.54, 1.807) is 30.1 Å². The number of fused-ring (bicyclic) bond motifs is 1. The summed E-state index contributed by atoms with van der Waals surface area (Å²) in [6, 6.07) is 9.93. The van der Waals surface area contributed by atoms with Crippen molar-refractivity contribution in [2.45, 2.75) is 56.3 Å². The first-order valence-electron chi connectivity index (χ1n) is 13.9. The average Bonchev–Trinajstić information content (AvgIpc) is 3.63. The van der Waals surface area contributed by atoms with Crippen molar-refractivity contribution in [3.05, 3.63) is 65.9 Å². The number of nitrogens with one attached hydrogen (secondary N) is 3. The number of hydrogen-bond acceptors (Lipinski definition) is 7. The Kier molecular flexibility index (Phi) is 10.5. The number of H-pyrrole nitrogens is 1. The zero-order chi connectivity index (χ0) is 30.2. The second-order valence-electron chi connectivity index (χ2n) is 10.5. The van der Waals surface area contributed by atoms with Crippen LogP contribution in [0.15, 0.2) is 54.7 Å². The molecular weight excluding hydrogens is 558 g/mol. The van der Waals surface area contributed by atoms with E-state index in [1.165, 1.54) is 17.0 Å². The molecule has 11 nitrogen and oxygen atoms in total. The van der Waals surface area contributed by atoms with Crippen LogP contribution >= 0.6 is 11.8 Å². The molecule has 1 saturated heterocycles. The Balaban J connectivity index is 1.49. The van der Waals surface area contributed by atoms with E-state index in [1.807, 2.05) is 30.5 Å². The molecule has 3 aromatic rings. The number of para-hydroxylation sites is 1. The Labute approximate surface area is 248 Å². The van der Waals surface area contributed by atoms with Crippen LogP contribution in [0.25, 0.3) is 10.9 Å². The van der Waals surface area contributed by atoms with E-state index in [9.17, 15) is 29.4 Å². The van der Waals surface area contributed by atoms with Crippen LogP contribution < -0.4 is 16.4 Å². The molecule has 1 aromatic heterocycles. The van der Waals surface area contributed by atoms with E-state index in [2.05, 4.69) is 15.6 Å². The summed E-state index contributed by atoms with van der Waals surface area (Å²) < 4.78 is 0. The average molecular weight is 596 g/mol. The summed E-state index contributed by atoms with van der Waals surface area (Å²) in [5.74, 6) is -1.90. The molecule has 2 heterocycles. The number of carboxylic acid groups (broad SMARTS) is 1. The number of phenols is 1. The Hall–Kier alpha value is -4.03. The van der Waals surface area contributed by atoms with Gasteiger partial charge in [0.1, 0.15) is 23.9 Å². The molecule has 0 bridgehead atoms. The van der Waals surface area contributed by atoms with Crippen LogP contribution in [-0.2, 0) is 32.0 Å². The third-order valence-electron chi connectivity index (χ3n) is 7.51. The van der Waals surface area contributed by atoms with E-state index >= 15 is 0 Å². The number of rotatable bonds is 13. The van der Waals surface area contributed by atoms with E-state index in [0.717, 1.165) is 16.5 Å². The predicted molar refractivity (Wildman–Crippen MR) is 161 cm³/mol. The first kappa shape index (κ1) is 30.9. The summed E-state index contributed by atoms with van der Waals surface area (Å²) in [7, 11) is 0. The molecule has 0 saturated carbocycles. The highest BCUT2D eigenvalue weighted by atomic mass is 32.2. The van der Waals surface area contributed by atoms with Crippen LogP contribution in [0.1, 0.15) is 30.4 Å². The van der Waals surface area contributed by atoms with Gasteiger partial charge in [0.05, 0.1) is 6.04 Å². The van der Waals surface area contributed by atoms with Crippen molar-refractivity contribution in [1.29, 1.82) is 0 Å². The summed E-state index contributed by atoms with van der Waals surface area (Å²) in [6.07, 6.45) is 5.20. The molecule has 4 atom stereocenters. The molecule has 42 heavy (non-hydrogen) atoms. The van der Waals surface area contributed by atoms with E-state index in [-0.39, 0.29) is 25.1 Å². The first-order valence-corrected chi connectivity index (χ1v) is 15.3. The van der Waals surface area contributed by atoms with Crippen LogP contribution in [0.2, 0.25) is 0 Å². The van der Waals surface area contributed by atoms with Gasteiger partial charge in [-0.15, -0.1) is 0 Å². The highest BCUT2D eigenvalue weighted by molar-refractivity contribution is 7.98. The van der Waals surface area contributed by atoms with Gasteiger partial charge in [-0.1, -0.05) is 30.3 Å². The standard InChI is InChI=1S/C30H37N5O6S/c1-42-14-12-22(31)27(37)33-24(15-18-8-10-20(36)11-9-18)29(39)35-13-4-7-26(35)28(38)34-25(30(40)41)16-19-17-32-23-6-3-2-5-21(19)23/h2-3,5-6,8-11,17,22,24-26,32,36H,4,7,12-16,31H2,1H3,(H,33,37)(H,34,38)(H,40,41). The number of likely N-dealkylation sites (tertiary alicyclic amines) is 1. The number of aromatic amines is 1. The third kappa shape index (κ3) is 7.62. The second-order valence-corrected chi connectivity index (χ2v) is 11.5. The number of nitrogens with zero attached hydrogens (tertiary/aromatic N) is 1. The van der Waals surface area contributed by atoms with Gasteiger partial charge in [-0.3, -0.25) is 14.4 Å². The van der Waals surface area contributed by atoms with Crippen molar-refractivity contribution in [1.82, 2.24) is 20.5 Å². The van der Waals surface area contributed by atoms with Gasteiger partial charge in [0.25, 0.3) is 0 Å². The number of nitrogens with two attached hydrogens (primary N) is 1. The van der Waals surface area contributed by atoms with Crippen LogP contribution in [0, 0.1) is 0 Å². The number of carbonyl (C=O) groups is 4. The number of phenolic OH excluding ortho intramolecular Hbond substituents is 1. The lowest BCUT2D eigenvalue weighted by atomic mass is 10.0. The number of carbonyl (C=O) groups excluding carboxylic acids is 3. The lowest BCUT2D eigenvalue weighted by molar-refractivity contribution is -0.144. The van der Waals surface area contributed by atoms with Gasteiger partial charge in [0.2, 0.25) is 17.7 Å². The van der Waals surface area contributed by atoms with Crippen LogP contribution in [0.3, 0.4) is 0 Å². The normalized spacial score (nSPS) is 17.0. The van der Waals surface area contributed by atoms with Gasteiger partial charge in [0, 0.05) is 36.5 Å². The minimum atomic E-state index is -1.20. The maximum Gasteiger partial charge on any atom is 0.326 e. The van der Waals surface area contributed by atoms with Crippen LogP contribution in [-0.4, -0.2) is 86.5 Å². The van der Waals surface area contributed by atoms with Crippen molar-refractivity contribution >= 4 is 46.4 Å². The van der Waals surface area contributed by atoms with E-state index < -0.39 is 47.9 Å². The molecule has 1 aliphatic heterocycles. The Morgan fingerprint density at radius 3 is 2.52 bits per heavy atom. The highest BCUT2D eigenvalue weighted by Crippen LogP contribution is 2.22. The summed E-state index contributed by atoms with van der Waals surface area (Å²) in [5.41, 5.74) is 8.39. The molecule has 3 amide bonds. The SMILES string of the molecule is CSCCC(N)C(=O)NC(Cc1ccc(O)cc1)C(=O)N1CCCC1C(=O)NC(Cc1c[nH]c2ccccc12)C(=O)O. The van der Waals surface area contributed by atoms with Crippen molar-refractivity contribution in [3.8, 4) is 5.75 Å². The van der Waals surface area contributed by atoms with Gasteiger partial charge in [-0.05, 0) is 60.6 Å². The number of hydrogen-bond donors (Lipinski definition) is 6. The molecule has 224 valence electrons. The molecule has 4 rings (SSSR count). The maximum absolute atomic E-state index is 13.8. The number of benzene rings is 2. The fraction of sp³-hybridized carbons (Fsp3) is 0.400. The van der Waals surface area contributed by atoms with Gasteiger partial charge in [-0.2, -0.15) is 11.8 Å². The highest BCUT2D eigenvalue weighted by Gasteiger charge is 2.39. The maximum atomic E-state index is 13.8. The van der Waals surface area contributed by atoms with Crippen molar-refractivity contribution in [2.24, 2.45) is 5.73 Å². The zero-order valence-corrected chi connectivity index (χ0v) is 24.2. The fourth-order valence-corrected chi connectivity index (χ4v) is 5.70. The summed E-state index contributed by atoms with van der Waals surface area (Å²) in [6.45, 7) is 0.289. The van der Waals surface area contributed by atoms with Gasteiger partial charge in [-0.25, -0.2) is 4.79 Å².